The van der Waals surface area contributed by atoms with E-state index in [0.29, 0.717) is 13.2 Å². The standard InChI is InChI=1S/C28H36N2O3/c1-8-32-27-21(5)28-24(25(17-33-28)22-11-10-18(2)14-19(22)3)16-23(27)20(4)15-26(31)29-12-9-13-30(6)7/h10-11,14-17H,8-9,12-13H2,1-7H3,(H,29,31)/b20-15+. The zero-order valence-electron chi connectivity index (χ0n) is 21.0. The van der Waals surface area contributed by atoms with E-state index in [4.69, 9.17) is 9.15 Å². The molecule has 1 aromatic heterocycles. The summed E-state index contributed by atoms with van der Waals surface area (Å²) in [5.74, 6) is 0.675. The molecule has 0 saturated carbocycles. The topological polar surface area (TPSA) is 54.7 Å². The van der Waals surface area contributed by atoms with Crippen LogP contribution in [0.25, 0.3) is 27.7 Å². The number of hydrogen-bond acceptors (Lipinski definition) is 4. The van der Waals surface area contributed by atoms with Crippen molar-refractivity contribution >= 4 is 22.4 Å². The van der Waals surface area contributed by atoms with Gasteiger partial charge in [-0.1, -0.05) is 23.8 Å². The molecule has 2 aromatic carbocycles. The lowest BCUT2D eigenvalue weighted by atomic mass is 9.94. The van der Waals surface area contributed by atoms with Gasteiger partial charge in [0.15, 0.2) is 0 Å². The number of nitrogens with one attached hydrogen (secondary N) is 1. The number of fused-ring (bicyclic) bond motifs is 1. The van der Waals surface area contributed by atoms with Crippen molar-refractivity contribution in [2.24, 2.45) is 0 Å². The summed E-state index contributed by atoms with van der Waals surface area (Å²) in [5.41, 5.74) is 8.17. The zero-order valence-corrected chi connectivity index (χ0v) is 21.0. The summed E-state index contributed by atoms with van der Waals surface area (Å²) in [7, 11) is 4.06. The van der Waals surface area contributed by atoms with Gasteiger partial charge in [-0.25, -0.2) is 0 Å². The van der Waals surface area contributed by atoms with Crippen molar-refractivity contribution in [1.82, 2.24) is 10.2 Å². The molecule has 5 heteroatoms. The smallest absolute Gasteiger partial charge is 0.244 e. The maximum atomic E-state index is 12.5. The van der Waals surface area contributed by atoms with E-state index in [2.05, 4.69) is 48.3 Å². The Labute approximate surface area is 197 Å². The minimum Gasteiger partial charge on any atom is -0.493 e. The van der Waals surface area contributed by atoms with Crippen LogP contribution in [0, 0.1) is 20.8 Å². The van der Waals surface area contributed by atoms with Crippen LogP contribution in [0.5, 0.6) is 5.75 Å². The summed E-state index contributed by atoms with van der Waals surface area (Å²) < 4.78 is 12.0. The normalized spacial score (nSPS) is 11.9. The second-order valence-electron chi connectivity index (χ2n) is 8.93. The molecule has 3 aromatic rings. The summed E-state index contributed by atoms with van der Waals surface area (Å²) in [6.07, 6.45) is 4.40. The molecule has 0 aliphatic heterocycles. The fourth-order valence-electron chi connectivity index (χ4n) is 4.20. The van der Waals surface area contributed by atoms with Crippen molar-refractivity contribution in [3.8, 4) is 16.9 Å². The lowest BCUT2D eigenvalue weighted by Gasteiger charge is -2.15. The molecule has 5 nitrogen and oxygen atoms in total. The van der Waals surface area contributed by atoms with Crippen LogP contribution in [-0.2, 0) is 4.79 Å². The summed E-state index contributed by atoms with van der Waals surface area (Å²) >= 11 is 0. The van der Waals surface area contributed by atoms with Gasteiger partial charge in [0.1, 0.15) is 11.3 Å². The molecule has 176 valence electrons. The molecule has 0 atom stereocenters. The quantitative estimate of drug-likeness (QED) is 0.327. The van der Waals surface area contributed by atoms with Gasteiger partial charge in [0.05, 0.1) is 12.9 Å². The van der Waals surface area contributed by atoms with Crippen molar-refractivity contribution in [2.45, 2.75) is 41.0 Å². The van der Waals surface area contributed by atoms with Gasteiger partial charge in [0, 0.05) is 34.7 Å². The number of amides is 1. The van der Waals surface area contributed by atoms with E-state index >= 15 is 0 Å². The largest absolute Gasteiger partial charge is 0.493 e. The van der Waals surface area contributed by atoms with E-state index in [-0.39, 0.29) is 5.91 Å². The Balaban J connectivity index is 2.02. The Morgan fingerprint density at radius 2 is 1.91 bits per heavy atom. The fraction of sp³-hybridized carbons (Fsp3) is 0.393. The molecular weight excluding hydrogens is 412 g/mol. The van der Waals surface area contributed by atoms with Gasteiger partial charge in [-0.3, -0.25) is 4.79 Å². The lowest BCUT2D eigenvalue weighted by Crippen LogP contribution is -2.25. The first-order valence-electron chi connectivity index (χ1n) is 11.6. The molecule has 0 fully saturated rings. The second-order valence-corrected chi connectivity index (χ2v) is 8.93. The zero-order chi connectivity index (χ0) is 24.1. The average molecular weight is 449 g/mol. The number of ether oxygens (including phenoxy) is 1. The average Bonchev–Trinajstić information content (AvgIpc) is 3.17. The highest BCUT2D eigenvalue weighted by Crippen LogP contribution is 2.41. The maximum Gasteiger partial charge on any atom is 0.244 e. The molecule has 0 spiro atoms. The van der Waals surface area contributed by atoms with Crippen LogP contribution >= 0.6 is 0 Å². The third-order valence-electron chi connectivity index (χ3n) is 5.86. The van der Waals surface area contributed by atoms with Crippen molar-refractivity contribution < 1.29 is 13.9 Å². The molecule has 0 radical (unpaired) electrons. The highest BCUT2D eigenvalue weighted by Gasteiger charge is 2.19. The molecule has 3 rings (SSSR count). The number of aryl methyl sites for hydroxylation is 3. The third-order valence-corrected chi connectivity index (χ3v) is 5.86. The molecular formula is C28H36N2O3. The SMILES string of the molecule is CCOc1c(/C(C)=C/C(=O)NCCCN(C)C)cc2c(-c3ccc(C)cc3C)coc2c1C. The number of rotatable bonds is 9. The first kappa shape index (κ1) is 24.6. The lowest BCUT2D eigenvalue weighted by molar-refractivity contribution is -0.116. The highest BCUT2D eigenvalue weighted by molar-refractivity contribution is 6.02. The molecule has 0 bridgehead atoms. The molecule has 0 saturated heterocycles. The molecule has 1 N–H and O–H groups in total. The number of hydrogen-bond donors (Lipinski definition) is 1. The van der Waals surface area contributed by atoms with Crippen molar-refractivity contribution in [3.63, 3.8) is 0 Å². The van der Waals surface area contributed by atoms with Crippen LogP contribution in [0.3, 0.4) is 0 Å². The number of furan rings is 1. The molecule has 33 heavy (non-hydrogen) atoms. The third kappa shape index (κ3) is 5.66. The van der Waals surface area contributed by atoms with E-state index in [1.54, 1.807) is 6.08 Å². The molecule has 0 aliphatic carbocycles. The van der Waals surface area contributed by atoms with E-state index in [9.17, 15) is 4.79 Å². The van der Waals surface area contributed by atoms with Gasteiger partial charge in [0.25, 0.3) is 0 Å². The summed E-state index contributed by atoms with van der Waals surface area (Å²) in [6.45, 7) is 12.3. The van der Waals surface area contributed by atoms with E-state index in [1.807, 2.05) is 41.1 Å². The fourth-order valence-corrected chi connectivity index (χ4v) is 4.20. The van der Waals surface area contributed by atoms with Crippen LogP contribution < -0.4 is 10.1 Å². The van der Waals surface area contributed by atoms with Crippen molar-refractivity contribution in [2.75, 3.05) is 33.8 Å². The number of nitrogens with zero attached hydrogens (tertiary/aromatic N) is 1. The van der Waals surface area contributed by atoms with E-state index < -0.39 is 0 Å². The Kier molecular flexibility index (Phi) is 7.98. The Morgan fingerprint density at radius 3 is 2.58 bits per heavy atom. The molecule has 1 heterocycles. The highest BCUT2D eigenvalue weighted by atomic mass is 16.5. The minimum absolute atomic E-state index is 0.0896. The molecule has 1 amide bonds. The Hall–Kier alpha value is -3.05. The van der Waals surface area contributed by atoms with Crippen molar-refractivity contribution in [3.05, 3.63) is 58.9 Å². The van der Waals surface area contributed by atoms with Gasteiger partial charge >= 0.3 is 0 Å². The first-order chi connectivity index (χ1) is 15.7. The van der Waals surface area contributed by atoms with E-state index in [1.165, 1.54) is 11.1 Å². The summed E-state index contributed by atoms with van der Waals surface area (Å²) in [4.78, 5) is 14.7. The maximum absolute atomic E-state index is 12.5. The number of carbonyl (C=O) groups is 1. The van der Waals surface area contributed by atoms with Gasteiger partial charge in [-0.15, -0.1) is 0 Å². The van der Waals surface area contributed by atoms with Gasteiger partial charge < -0.3 is 19.4 Å². The summed E-state index contributed by atoms with van der Waals surface area (Å²) in [6, 6.07) is 8.54. The second kappa shape index (κ2) is 10.7. The van der Waals surface area contributed by atoms with Gasteiger partial charge in [-0.2, -0.15) is 0 Å². The number of benzene rings is 2. The van der Waals surface area contributed by atoms with Crippen molar-refractivity contribution in [1.29, 1.82) is 0 Å². The molecule has 0 unspecified atom stereocenters. The Morgan fingerprint density at radius 1 is 1.15 bits per heavy atom. The van der Waals surface area contributed by atoms with Crippen LogP contribution in [0.4, 0.5) is 0 Å². The first-order valence-corrected chi connectivity index (χ1v) is 11.6. The van der Waals surface area contributed by atoms with Crippen LogP contribution in [0.15, 0.2) is 41.0 Å². The van der Waals surface area contributed by atoms with Crippen LogP contribution in [0.2, 0.25) is 0 Å². The van der Waals surface area contributed by atoms with Crippen LogP contribution in [-0.4, -0.2) is 44.6 Å². The number of carbonyl (C=O) groups excluding carboxylic acids is 1. The Bertz CT molecular complexity index is 1170. The minimum atomic E-state index is -0.0896. The van der Waals surface area contributed by atoms with E-state index in [0.717, 1.165) is 57.5 Å². The van der Waals surface area contributed by atoms with Gasteiger partial charge in [-0.05, 0) is 84.4 Å². The predicted octanol–water partition coefficient (Wildman–Crippen LogP) is 5.89. The molecule has 0 aliphatic rings. The van der Waals surface area contributed by atoms with Crippen LogP contribution in [0.1, 0.15) is 42.5 Å². The number of allylic oxidation sites excluding steroid dienone is 1. The van der Waals surface area contributed by atoms with Gasteiger partial charge in [0.2, 0.25) is 5.91 Å². The predicted molar refractivity (Wildman–Crippen MR) is 137 cm³/mol. The monoisotopic (exact) mass is 448 g/mol. The summed E-state index contributed by atoms with van der Waals surface area (Å²) in [5, 5.41) is 4.01.